The smallest absolute Gasteiger partial charge is 0.323 e. The van der Waals surface area contributed by atoms with E-state index < -0.39 is 17.6 Å². The summed E-state index contributed by atoms with van der Waals surface area (Å²) >= 11 is 0. The lowest BCUT2D eigenvalue weighted by Gasteiger charge is -2.17. The lowest BCUT2D eigenvalue weighted by Crippen LogP contribution is -2.30. The molecular formula is C23H20F3N5O. The van der Waals surface area contributed by atoms with Crippen LogP contribution in [0.4, 0.5) is 18.9 Å². The van der Waals surface area contributed by atoms with Crippen molar-refractivity contribution >= 4 is 22.4 Å². The SMILES string of the molecule is CC(NCC(=O)Nc1cc(C(F)(F)F)ccc1-n1cncn1)c1ccc2ccccc2c1. The van der Waals surface area contributed by atoms with Gasteiger partial charge in [0.15, 0.2) is 0 Å². The number of nitrogens with one attached hydrogen (secondary N) is 2. The van der Waals surface area contributed by atoms with E-state index in [4.69, 9.17) is 0 Å². The molecule has 0 spiro atoms. The van der Waals surface area contributed by atoms with Crippen LogP contribution in [0.1, 0.15) is 24.1 Å². The third kappa shape index (κ3) is 4.78. The number of rotatable bonds is 6. The van der Waals surface area contributed by atoms with Crippen LogP contribution in [-0.2, 0) is 11.0 Å². The van der Waals surface area contributed by atoms with Crippen molar-refractivity contribution in [2.75, 3.05) is 11.9 Å². The van der Waals surface area contributed by atoms with Crippen molar-refractivity contribution in [3.8, 4) is 5.69 Å². The summed E-state index contributed by atoms with van der Waals surface area (Å²) in [5, 5.41) is 11.8. The summed E-state index contributed by atoms with van der Waals surface area (Å²) in [4.78, 5) is 16.4. The van der Waals surface area contributed by atoms with Gasteiger partial charge in [-0.25, -0.2) is 9.67 Å². The van der Waals surface area contributed by atoms with Crippen LogP contribution in [0.3, 0.4) is 0 Å². The third-order valence-corrected chi connectivity index (χ3v) is 5.11. The fourth-order valence-corrected chi connectivity index (χ4v) is 3.38. The Bertz CT molecular complexity index is 1240. The average molecular weight is 439 g/mol. The minimum atomic E-state index is -4.54. The molecule has 0 saturated carbocycles. The van der Waals surface area contributed by atoms with Crippen molar-refractivity contribution in [1.29, 1.82) is 0 Å². The summed E-state index contributed by atoms with van der Waals surface area (Å²) in [6.45, 7) is 1.84. The van der Waals surface area contributed by atoms with Gasteiger partial charge in [-0.2, -0.15) is 18.3 Å². The van der Waals surface area contributed by atoms with Crippen molar-refractivity contribution in [2.24, 2.45) is 0 Å². The molecule has 164 valence electrons. The second-order valence-electron chi connectivity index (χ2n) is 7.33. The Labute approximate surface area is 182 Å². The molecule has 0 aliphatic heterocycles. The van der Waals surface area contributed by atoms with Crippen LogP contribution >= 0.6 is 0 Å². The van der Waals surface area contributed by atoms with E-state index in [9.17, 15) is 18.0 Å². The number of hydrogen-bond acceptors (Lipinski definition) is 4. The molecule has 1 amide bonds. The summed E-state index contributed by atoms with van der Waals surface area (Å²) in [6.07, 6.45) is -1.93. The Morgan fingerprint density at radius 3 is 2.56 bits per heavy atom. The van der Waals surface area contributed by atoms with Crippen molar-refractivity contribution in [3.63, 3.8) is 0 Å². The molecule has 0 aliphatic rings. The number of carbonyl (C=O) groups is 1. The first-order chi connectivity index (χ1) is 15.3. The first-order valence-electron chi connectivity index (χ1n) is 9.89. The van der Waals surface area contributed by atoms with Gasteiger partial charge in [-0.05, 0) is 47.5 Å². The molecule has 0 radical (unpaired) electrons. The fraction of sp³-hybridized carbons (Fsp3) is 0.174. The molecule has 32 heavy (non-hydrogen) atoms. The quantitative estimate of drug-likeness (QED) is 0.456. The average Bonchev–Trinajstić information content (AvgIpc) is 3.31. The number of aromatic nitrogens is 3. The monoisotopic (exact) mass is 439 g/mol. The van der Waals surface area contributed by atoms with Crippen LogP contribution in [0.2, 0.25) is 0 Å². The van der Waals surface area contributed by atoms with Crippen LogP contribution < -0.4 is 10.6 Å². The number of fused-ring (bicyclic) bond motifs is 1. The van der Waals surface area contributed by atoms with Gasteiger partial charge < -0.3 is 10.6 Å². The van der Waals surface area contributed by atoms with Gasteiger partial charge in [-0.15, -0.1) is 0 Å². The molecule has 6 nitrogen and oxygen atoms in total. The summed E-state index contributed by atoms with van der Waals surface area (Å²) in [7, 11) is 0. The number of hydrogen-bond donors (Lipinski definition) is 2. The van der Waals surface area contributed by atoms with Crippen LogP contribution in [0.25, 0.3) is 16.5 Å². The van der Waals surface area contributed by atoms with Crippen LogP contribution in [-0.4, -0.2) is 27.2 Å². The van der Waals surface area contributed by atoms with Gasteiger partial charge in [0.05, 0.1) is 23.5 Å². The first-order valence-corrected chi connectivity index (χ1v) is 9.89. The van der Waals surface area contributed by atoms with E-state index in [0.717, 1.165) is 28.5 Å². The fourth-order valence-electron chi connectivity index (χ4n) is 3.38. The minimum Gasteiger partial charge on any atom is -0.323 e. The van der Waals surface area contributed by atoms with Crippen molar-refractivity contribution in [2.45, 2.75) is 19.1 Å². The Morgan fingerprint density at radius 1 is 1.06 bits per heavy atom. The number of alkyl halides is 3. The lowest BCUT2D eigenvalue weighted by atomic mass is 10.0. The summed E-state index contributed by atoms with van der Waals surface area (Å²) in [5.74, 6) is -0.474. The van der Waals surface area contributed by atoms with Gasteiger partial charge in [-0.3, -0.25) is 4.79 Å². The maximum Gasteiger partial charge on any atom is 0.416 e. The molecule has 1 atom stereocenters. The molecular weight excluding hydrogens is 419 g/mol. The maximum atomic E-state index is 13.2. The number of benzene rings is 3. The number of carbonyl (C=O) groups excluding carboxylic acids is 1. The number of anilines is 1. The molecule has 3 aromatic carbocycles. The third-order valence-electron chi connectivity index (χ3n) is 5.11. The van der Waals surface area contributed by atoms with E-state index in [1.807, 2.05) is 49.4 Å². The number of amides is 1. The highest BCUT2D eigenvalue weighted by molar-refractivity contribution is 5.94. The highest BCUT2D eigenvalue weighted by Crippen LogP contribution is 2.33. The van der Waals surface area contributed by atoms with Gasteiger partial charge in [0.1, 0.15) is 12.7 Å². The molecule has 0 bridgehead atoms. The van der Waals surface area contributed by atoms with Crippen molar-refractivity contribution in [1.82, 2.24) is 20.1 Å². The topological polar surface area (TPSA) is 71.8 Å². The Hall–Kier alpha value is -3.72. The van der Waals surface area contributed by atoms with Crippen LogP contribution in [0.15, 0.2) is 73.3 Å². The normalized spacial score (nSPS) is 12.6. The molecule has 0 aliphatic carbocycles. The molecule has 0 fully saturated rings. The van der Waals surface area contributed by atoms with Crippen LogP contribution in [0.5, 0.6) is 0 Å². The van der Waals surface area contributed by atoms with E-state index >= 15 is 0 Å². The largest absolute Gasteiger partial charge is 0.416 e. The maximum absolute atomic E-state index is 13.2. The molecule has 1 unspecified atom stereocenters. The van der Waals surface area contributed by atoms with Crippen LogP contribution in [0, 0.1) is 0 Å². The highest BCUT2D eigenvalue weighted by Gasteiger charge is 2.31. The molecule has 1 aromatic heterocycles. The number of nitrogens with zero attached hydrogens (tertiary/aromatic N) is 3. The van der Waals surface area contributed by atoms with E-state index in [1.165, 1.54) is 23.4 Å². The van der Waals surface area contributed by atoms with E-state index in [-0.39, 0.29) is 24.0 Å². The standard InChI is InChI=1S/C23H20F3N5O/c1-15(17-7-6-16-4-2-3-5-18(16)10-17)28-12-22(32)30-20-11-19(23(24,25)26)8-9-21(20)31-14-27-13-29-31/h2-11,13-15,28H,12H2,1H3,(H,30,32). The zero-order valence-electron chi connectivity index (χ0n) is 17.1. The Kier molecular flexibility index (Phi) is 5.91. The van der Waals surface area contributed by atoms with Crippen molar-refractivity contribution < 1.29 is 18.0 Å². The van der Waals surface area contributed by atoms with E-state index in [1.54, 1.807) is 0 Å². The van der Waals surface area contributed by atoms with E-state index in [0.29, 0.717) is 0 Å². The minimum absolute atomic E-state index is 0.00418. The van der Waals surface area contributed by atoms with Gasteiger partial charge >= 0.3 is 6.18 Å². The first kappa shape index (κ1) is 21.5. The zero-order valence-corrected chi connectivity index (χ0v) is 17.1. The summed E-state index contributed by atoms with van der Waals surface area (Å²) in [5.41, 5.74) is 0.412. The molecule has 0 saturated heterocycles. The molecule has 4 rings (SSSR count). The van der Waals surface area contributed by atoms with E-state index in [2.05, 4.69) is 20.7 Å². The van der Waals surface area contributed by atoms with Crippen molar-refractivity contribution in [3.05, 3.63) is 84.4 Å². The van der Waals surface area contributed by atoms with Gasteiger partial charge in [0, 0.05) is 6.04 Å². The summed E-state index contributed by atoms with van der Waals surface area (Å²) < 4.78 is 40.8. The number of halogens is 3. The second kappa shape index (κ2) is 8.80. The lowest BCUT2D eigenvalue weighted by molar-refractivity contribution is -0.137. The molecule has 9 heteroatoms. The zero-order chi connectivity index (χ0) is 22.7. The second-order valence-corrected chi connectivity index (χ2v) is 7.33. The highest BCUT2D eigenvalue weighted by atomic mass is 19.4. The van der Waals surface area contributed by atoms with Gasteiger partial charge in [0.2, 0.25) is 5.91 Å². The predicted molar refractivity (Wildman–Crippen MR) is 115 cm³/mol. The molecule has 4 aromatic rings. The van der Waals surface area contributed by atoms with Gasteiger partial charge in [-0.1, -0.05) is 36.4 Å². The molecule has 2 N–H and O–H groups in total. The summed E-state index contributed by atoms with van der Waals surface area (Å²) in [6, 6.07) is 16.9. The molecule has 1 heterocycles. The predicted octanol–water partition coefficient (Wildman–Crippen LogP) is 4.73. The van der Waals surface area contributed by atoms with Gasteiger partial charge in [0.25, 0.3) is 0 Å². The Balaban J connectivity index is 1.48. The Morgan fingerprint density at radius 2 is 1.84 bits per heavy atom.